The van der Waals surface area contributed by atoms with Crippen LogP contribution in [0.3, 0.4) is 0 Å². The Morgan fingerprint density at radius 3 is 2.56 bits per heavy atom. The normalized spacial score (nSPS) is 13.3. The Morgan fingerprint density at radius 2 is 1.89 bits per heavy atom. The fourth-order valence-electron chi connectivity index (χ4n) is 2.78. The highest BCUT2D eigenvalue weighted by molar-refractivity contribution is 7.84. The maximum absolute atomic E-state index is 12.6. The number of benzene rings is 1. The quantitative estimate of drug-likeness (QED) is 0.649. The summed E-state index contributed by atoms with van der Waals surface area (Å²) >= 11 is 0. The second-order valence-electron chi connectivity index (χ2n) is 6.44. The van der Waals surface area contributed by atoms with Crippen molar-refractivity contribution < 1.29 is 9.00 Å². The molecule has 0 bridgehead atoms. The predicted octanol–water partition coefficient (Wildman–Crippen LogP) is 2.83. The lowest BCUT2D eigenvalue weighted by Crippen LogP contribution is -2.35. The summed E-state index contributed by atoms with van der Waals surface area (Å²) < 4.78 is 16.3. The van der Waals surface area contributed by atoms with Crippen LogP contribution in [-0.4, -0.2) is 36.3 Å². The van der Waals surface area contributed by atoms with Crippen LogP contribution in [-0.2, 0) is 21.3 Å². The minimum atomic E-state index is -1.31. The van der Waals surface area contributed by atoms with Gasteiger partial charge in [-0.3, -0.25) is 9.00 Å². The van der Waals surface area contributed by atoms with Crippen LogP contribution in [0.25, 0.3) is 11.5 Å². The third-order valence-electron chi connectivity index (χ3n) is 4.29. The number of carbonyl (C=O) groups is 1. The van der Waals surface area contributed by atoms with Gasteiger partial charge in [0.2, 0.25) is 5.91 Å². The molecular weight excluding hydrogens is 360 g/mol. The van der Waals surface area contributed by atoms with Gasteiger partial charge in [0.05, 0.1) is 17.6 Å². The Bertz CT molecular complexity index is 903. The SMILES string of the molecule is CC[C@H](C)NC(=O)C[S@](=O)Cc1cnn(-c2ccccc2)c1-n1cccc1. The first kappa shape index (κ1) is 19.1. The molecular formula is C20H24N4O2S. The standard InChI is InChI=1S/C20H24N4O2S/c1-3-16(2)22-19(25)15-27(26)14-17-13-21-24(18-9-5-4-6-10-18)20(17)23-11-7-8-12-23/h4-13,16H,3,14-15H2,1-2H3,(H,22,25)/t16-,27+/m0/s1. The van der Waals surface area contributed by atoms with E-state index in [1.165, 1.54) is 0 Å². The zero-order valence-electron chi connectivity index (χ0n) is 15.5. The van der Waals surface area contributed by atoms with Crippen molar-refractivity contribution in [3.63, 3.8) is 0 Å². The molecule has 0 radical (unpaired) electrons. The molecule has 142 valence electrons. The molecule has 0 aliphatic rings. The lowest BCUT2D eigenvalue weighted by Gasteiger charge is -2.12. The fourth-order valence-corrected chi connectivity index (χ4v) is 3.80. The Labute approximate surface area is 161 Å². The number of carbonyl (C=O) groups excluding carboxylic acids is 1. The molecule has 0 fully saturated rings. The first-order valence-electron chi connectivity index (χ1n) is 8.98. The zero-order chi connectivity index (χ0) is 19.2. The number of rotatable bonds is 8. The second-order valence-corrected chi connectivity index (χ2v) is 7.89. The van der Waals surface area contributed by atoms with E-state index in [1.807, 2.05) is 78.0 Å². The van der Waals surface area contributed by atoms with Crippen molar-refractivity contribution in [1.29, 1.82) is 0 Å². The monoisotopic (exact) mass is 384 g/mol. The molecule has 0 spiro atoms. The van der Waals surface area contributed by atoms with Crippen LogP contribution < -0.4 is 5.32 Å². The molecule has 0 aliphatic heterocycles. The van der Waals surface area contributed by atoms with Crippen molar-refractivity contribution in [3.8, 4) is 11.5 Å². The number of nitrogens with zero attached hydrogens (tertiary/aromatic N) is 3. The highest BCUT2D eigenvalue weighted by atomic mass is 32.2. The molecule has 0 unspecified atom stereocenters. The molecule has 2 heterocycles. The molecule has 0 saturated carbocycles. The van der Waals surface area contributed by atoms with Crippen molar-refractivity contribution in [3.05, 3.63) is 66.6 Å². The van der Waals surface area contributed by atoms with Crippen LogP contribution in [0.5, 0.6) is 0 Å². The summed E-state index contributed by atoms with van der Waals surface area (Å²) in [6.45, 7) is 3.94. The van der Waals surface area contributed by atoms with Crippen molar-refractivity contribution >= 4 is 16.7 Å². The zero-order valence-corrected chi connectivity index (χ0v) is 16.4. The fraction of sp³-hybridized carbons (Fsp3) is 0.300. The predicted molar refractivity (Wildman–Crippen MR) is 108 cm³/mol. The topological polar surface area (TPSA) is 68.9 Å². The second kappa shape index (κ2) is 8.81. The molecule has 2 atom stereocenters. The van der Waals surface area contributed by atoms with E-state index in [-0.39, 0.29) is 23.5 Å². The number of aromatic nitrogens is 3. The van der Waals surface area contributed by atoms with E-state index in [1.54, 1.807) is 6.20 Å². The summed E-state index contributed by atoms with van der Waals surface area (Å²) in [5.41, 5.74) is 1.76. The summed E-state index contributed by atoms with van der Waals surface area (Å²) in [5, 5.41) is 7.36. The van der Waals surface area contributed by atoms with Gasteiger partial charge >= 0.3 is 0 Å². The molecule has 27 heavy (non-hydrogen) atoms. The van der Waals surface area contributed by atoms with Gasteiger partial charge in [0.25, 0.3) is 0 Å². The summed E-state index contributed by atoms with van der Waals surface area (Å²) in [7, 11) is -1.31. The first-order valence-corrected chi connectivity index (χ1v) is 10.5. The van der Waals surface area contributed by atoms with Gasteiger partial charge in [-0.1, -0.05) is 25.1 Å². The average molecular weight is 385 g/mol. The van der Waals surface area contributed by atoms with Crippen LogP contribution in [0.4, 0.5) is 0 Å². The van der Waals surface area contributed by atoms with Crippen LogP contribution in [0.15, 0.2) is 61.1 Å². The van der Waals surface area contributed by atoms with E-state index in [4.69, 9.17) is 0 Å². The Morgan fingerprint density at radius 1 is 1.19 bits per heavy atom. The summed E-state index contributed by atoms with van der Waals surface area (Å²) in [6.07, 6.45) is 6.43. The molecule has 1 aromatic carbocycles. The van der Waals surface area contributed by atoms with E-state index >= 15 is 0 Å². The number of hydrogen-bond acceptors (Lipinski definition) is 3. The summed E-state index contributed by atoms with van der Waals surface area (Å²) in [5.74, 6) is 0.919. The molecule has 7 heteroatoms. The molecule has 1 amide bonds. The van der Waals surface area contributed by atoms with Crippen molar-refractivity contribution in [1.82, 2.24) is 19.7 Å². The minimum absolute atomic E-state index is 0.00796. The van der Waals surface area contributed by atoms with Crippen LogP contribution >= 0.6 is 0 Å². The maximum atomic E-state index is 12.6. The third kappa shape index (κ3) is 4.74. The van der Waals surface area contributed by atoms with Gasteiger partial charge in [-0.2, -0.15) is 5.10 Å². The van der Waals surface area contributed by atoms with Gasteiger partial charge < -0.3 is 9.88 Å². The lowest BCUT2D eigenvalue weighted by atomic mass is 10.3. The lowest BCUT2D eigenvalue weighted by molar-refractivity contribution is -0.119. The van der Waals surface area contributed by atoms with E-state index in [9.17, 15) is 9.00 Å². The summed E-state index contributed by atoms with van der Waals surface area (Å²) in [4.78, 5) is 12.0. The molecule has 0 saturated heterocycles. The molecule has 1 N–H and O–H groups in total. The van der Waals surface area contributed by atoms with Crippen molar-refractivity contribution in [2.24, 2.45) is 0 Å². The Hall–Kier alpha value is -2.67. The largest absolute Gasteiger partial charge is 0.353 e. The summed E-state index contributed by atoms with van der Waals surface area (Å²) in [6, 6.07) is 13.8. The smallest absolute Gasteiger partial charge is 0.232 e. The van der Waals surface area contributed by atoms with E-state index in [0.29, 0.717) is 0 Å². The van der Waals surface area contributed by atoms with E-state index in [0.717, 1.165) is 23.5 Å². The Kier molecular flexibility index (Phi) is 6.24. The van der Waals surface area contributed by atoms with Crippen molar-refractivity contribution in [2.45, 2.75) is 32.1 Å². The van der Waals surface area contributed by atoms with Crippen LogP contribution in [0.1, 0.15) is 25.8 Å². The van der Waals surface area contributed by atoms with Crippen LogP contribution in [0.2, 0.25) is 0 Å². The van der Waals surface area contributed by atoms with Gasteiger partial charge in [-0.05, 0) is 37.6 Å². The first-order chi connectivity index (χ1) is 13.1. The number of para-hydroxylation sites is 1. The molecule has 2 aromatic heterocycles. The molecule has 3 rings (SSSR count). The van der Waals surface area contributed by atoms with E-state index < -0.39 is 10.8 Å². The number of amides is 1. The number of hydrogen-bond donors (Lipinski definition) is 1. The van der Waals surface area contributed by atoms with Gasteiger partial charge in [0.1, 0.15) is 11.6 Å². The average Bonchev–Trinajstić information content (AvgIpc) is 3.31. The highest BCUT2D eigenvalue weighted by Crippen LogP contribution is 2.21. The van der Waals surface area contributed by atoms with Crippen molar-refractivity contribution in [2.75, 3.05) is 5.75 Å². The molecule has 0 aliphatic carbocycles. The highest BCUT2D eigenvalue weighted by Gasteiger charge is 2.18. The Balaban J connectivity index is 1.83. The van der Waals surface area contributed by atoms with Gasteiger partial charge in [-0.25, -0.2) is 4.68 Å². The van der Waals surface area contributed by atoms with Gasteiger partial charge in [-0.15, -0.1) is 0 Å². The van der Waals surface area contributed by atoms with Gasteiger partial charge in [0, 0.05) is 34.8 Å². The van der Waals surface area contributed by atoms with E-state index in [2.05, 4.69) is 10.4 Å². The number of nitrogens with one attached hydrogen (secondary N) is 1. The molecule has 3 aromatic rings. The molecule has 6 nitrogen and oxygen atoms in total. The third-order valence-corrected chi connectivity index (χ3v) is 5.51. The van der Waals surface area contributed by atoms with Crippen LogP contribution in [0, 0.1) is 0 Å². The minimum Gasteiger partial charge on any atom is -0.353 e. The maximum Gasteiger partial charge on any atom is 0.232 e. The van der Waals surface area contributed by atoms with Gasteiger partial charge in [0.15, 0.2) is 0 Å².